The average Bonchev–Trinajstić information content (AvgIpc) is 2.18. The maximum absolute atomic E-state index is 11.2. The molecule has 0 radical (unpaired) electrons. The van der Waals surface area contributed by atoms with Gasteiger partial charge in [0.2, 0.25) is 0 Å². The molecule has 0 heterocycles. The Kier molecular flexibility index (Phi) is 8.01. The van der Waals surface area contributed by atoms with Gasteiger partial charge in [-0.2, -0.15) is 0 Å². The van der Waals surface area contributed by atoms with Gasteiger partial charge in [0.05, 0.1) is 6.61 Å². The van der Waals surface area contributed by atoms with E-state index in [2.05, 4.69) is 15.9 Å². The van der Waals surface area contributed by atoms with Crippen molar-refractivity contribution < 1.29 is 9.53 Å². The molecule has 0 saturated carbocycles. The molecule has 0 unspecified atom stereocenters. The zero-order valence-corrected chi connectivity index (χ0v) is 11.0. The molecule has 0 fully saturated rings. The SMILES string of the molecule is CCOC(=O)/C(C)=C/C=C/C(C)=C/CBr. The third-order valence-electron chi connectivity index (χ3n) is 1.70. The third-order valence-corrected chi connectivity index (χ3v) is 2.03. The van der Waals surface area contributed by atoms with Gasteiger partial charge in [0.25, 0.3) is 0 Å². The first-order chi connectivity index (χ1) is 7.11. The predicted molar refractivity (Wildman–Crippen MR) is 67.1 cm³/mol. The second kappa shape index (κ2) is 8.48. The highest BCUT2D eigenvalue weighted by Crippen LogP contribution is 2.00. The van der Waals surface area contributed by atoms with Crippen LogP contribution >= 0.6 is 15.9 Å². The fourth-order valence-corrected chi connectivity index (χ4v) is 1.36. The Morgan fingerprint density at radius 3 is 2.60 bits per heavy atom. The zero-order valence-electron chi connectivity index (χ0n) is 9.42. The quantitative estimate of drug-likeness (QED) is 0.332. The molecular weight excluding hydrogens is 256 g/mol. The number of carbonyl (C=O) groups is 1. The summed E-state index contributed by atoms with van der Waals surface area (Å²) in [5.41, 5.74) is 1.76. The van der Waals surface area contributed by atoms with E-state index in [1.807, 2.05) is 25.2 Å². The molecule has 0 aliphatic rings. The number of halogens is 1. The van der Waals surface area contributed by atoms with Crippen molar-refractivity contribution in [1.82, 2.24) is 0 Å². The first-order valence-electron chi connectivity index (χ1n) is 4.86. The van der Waals surface area contributed by atoms with Gasteiger partial charge < -0.3 is 4.74 Å². The molecule has 0 saturated heterocycles. The van der Waals surface area contributed by atoms with Crippen LogP contribution in [0.15, 0.2) is 35.5 Å². The van der Waals surface area contributed by atoms with Gasteiger partial charge in [0.1, 0.15) is 0 Å². The average molecular weight is 273 g/mol. The van der Waals surface area contributed by atoms with Crippen LogP contribution in [0.1, 0.15) is 20.8 Å². The summed E-state index contributed by atoms with van der Waals surface area (Å²) in [6.07, 6.45) is 7.60. The van der Waals surface area contributed by atoms with Crippen LogP contribution in [-0.4, -0.2) is 17.9 Å². The second-order valence-corrected chi connectivity index (χ2v) is 3.68. The molecule has 0 aliphatic carbocycles. The van der Waals surface area contributed by atoms with Gasteiger partial charge in [-0.25, -0.2) is 4.79 Å². The number of allylic oxidation sites excluding steroid dienone is 5. The molecule has 0 atom stereocenters. The van der Waals surface area contributed by atoms with E-state index in [0.29, 0.717) is 12.2 Å². The molecule has 0 aromatic heterocycles. The first kappa shape index (κ1) is 14.2. The summed E-state index contributed by atoms with van der Waals surface area (Å²) in [6.45, 7) is 5.96. The van der Waals surface area contributed by atoms with E-state index in [1.165, 1.54) is 0 Å². The Balaban J connectivity index is 4.27. The Labute approximate surface area is 99.8 Å². The summed E-state index contributed by atoms with van der Waals surface area (Å²) in [5, 5.41) is 0.837. The van der Waals surface area contributed by atoms with E-state index in [9.17, 15) is 4.79 Å². The number of hydrogen-bond acceptors (Lipinski definition) is 2. The van der Waals surface area contributed by atoms with Gasteiger partial charge in [0.15, 0.2) is 0 Å². The van der Waals surface area contributed by atoms with Crippen molar-refractivity contribution in [2.75, 3.05) is 11.9 Å². The standard InChI is InChI=1S/C12H17BrO2/c1-4-15-12(14)11(3)7-5-6-10(2)8-9-13/h5-8H,4,9H2,1-3H3/b6-5+,10-8+,11-7+. The number of ether oxygens (including phenoxy) is 1. The number of hydrogen-bond donors (Lipinski definition) is 0. The van der Waals surface area contributed by atoms with E-state index in [4.69, 9.17) is 4.74 Å². The predicted octanol–water partition coefficient (Wildman–Crippen LogP) is 3.39. The minimum Gasteiger partial charge on any atom is -0.463 e. The summed E-state index contributed by atoms with van der Waals surface area (Å²) in [6, 6.07) is 0. The Hall–Kier alpha value is -0.830. The van der Waals surface area contributed by atoms with Gasteiger partial charge >= 0.3 is 5.97 Å². The Morgan fingerprint density at radius 1 is 1.40 bits per heavy atom. The summed E-state index contributed by atoms with van der Waals surface area (Å²) < 4.78 is 4.85. The monoisotopic (exact) mass is 272 g/mol. The van der Waals surface area contributed by atoms with Gasteiger partial charge in [-0.1, -0.05) is 45.8 Å². The smallest absolute Gasteiger partial charge is 0.333 e. The van der Waals surface area contributed by atoms with Crippen LogP contribution in [0.25, 0.3) is 0 Å². The maximum atomic E-state index is 11.2. The number of esters is 1. The van der Waals surface area contributed by atoms with Crippen molar-refractivity contribution in [3.05, 3.63) is 35.5 Å². The van der Waals surface area contributed by atoms with Crippen molar-refractivity contribution in [3.8, 4) is 0 Å². The summed E-state index contributed by atoms with van der Waals surface area (Å²) in [5.74, 6) is -0.260. The molecule has 0 bridgehead atoms. The molecule has 0 aromatic carbocycles. The number of alkyl halides is 1. The zero-order chi connectivity index (χ0) is 11.7. The molecule has 15 heavy (non-hydrogen) atoms. The molecule has 84 valence electrons. The largest absolute Gasteiger partial charge is 0.463 e. The molecule has 0 rings (SSSR count). The van der Waals surface area contributed by atoms with Crippen LogP contribution in [0.5, 0.6) is 0 Å². The lowest BCUT2D eigenvalue weighted by atomic mass is 10.2. The van der Waals surface area contributed by atoms with Crippen LogP contribution in [0.3, 0.4) is 0 Å². The number of rotatable bonds is 5. The fraction of sp³-hybridized carbons (Fsp3) is 0.417. The number of carbonyl (C=O) groups excluding carboxylic acids is 1. The third kappa shape index (κ3) is 7.14. The van der Waals surface area contributed by atoms with Gasteiger partial charge in [-0.3, -0.25) is 0 Å². The van der Waals surface area contributed by atoms with Crippen molar-refractivity contribution in [2.45, 2.75) is 20.8 Å². The molecule has 2 nitrogen and oxygen atoms in total. The topological polar surface area (TPSA) is 26.3 Å². The lowest BCUT2D eigenvalue weighted by Gasteiger charge is -1.99. The minimum absolute atomic E-state index is 0.260. The van der Waals surface area contributed by atoms with Gasteiger partial charge in [-0.05, 0) is 20.8 Å². The van der Waals surface area contributed by atoms with Crippen LogP contribution in [-0.2, 0) is 9.53 Å². The van der Waals surface area contributed by atoms with E-state index in [1.54, 1.807) is 19.9 Å². The highest BCUT2D eigenvalue weighted by molar-refractivity contribution is 9.09. The molecule has 3 heteroatoms. The van der Waals surface area contributed by atoms with Crippen molar-refractivity contribution in [3.63, 3.8) is 0 Å². The Bertz CT molecular complexity index is 288. The van der Waals surface area contributed by atoms with Crippen molar-refractivity contribution in [1.29, 1.82) is 0 Å². The van der Waals surface area contributed by atoms with Crippen LogP contribution < -0.4 is 0 Å². The van der Waals surface area contributed by atoms with Crippen LogP contribution in [0.4, 0.5) is 0 Å². The minimum atomic E-state index is -0.260. The molecule has 0 aliphatic heterocycles. The van der Waals surface area contributed by atoms with Crippen LogP contribution in [0, 0.1) is 0 Å². The first-order valence-corrected chi connectivity index (χ1v) is 5.98. The molecule has 0 amide bonds. The Morgan fingerprint density at radius 2 is 2.07 bits per heavy atom. The normalized spacial score (nSPS) is 13.3. The lowest BCUT2D eigenvalue weighted by molar-refractivity contribution is -0.138. The van der Waals surface area contributed by atoms with E-state index < -0.39 is 0 Å². The summed E-state index contributed by atoms with van der Waals surface area (Å²) in [4.78, 5) is 11.2. The summed E-state index contributed by atoms with van der Waals surface area (Å²) >= 11 is 3.31. The van der Waals surface area contributed by atoms with E-state index >= 15 is 0 Å². The summed E-state index contributed by atoms with van der Waals surface area (Å²) in [7, 11) is 0. The van der Waals surface area contributed by atoms with Crippen molar-refractivity contribution in [2.24, 2.45) is 0 Å². The molecule has 0 aromatic rings. The molecular formula is C12H17BrO2. The van der Waals surface area contributed by atoms with Crippen molar-refractivity contribution >= 4 is 21.9 Å². The molecule has 0 N–H and O–H groups in total. The highest BCUT2D eigenvalue weighted by Gasteiger charge is 2.01. The van der Waals surface area contributed by atoms with Gasteiger partial charge in [-0.15, -0.1) is 0 Å². The van der Waals surface area contributed by atoms with E-state index in [0.717, 1.165) is 10.9 Å². The highest BCUT2D eigenvalue weighted by atomic mass is 79.9. The van der Waals surface area contributed by atoms with E-state index in [-0.39, 0.29) is 5.97 Å². The van der Waals surface area contributed by atoms with Crippen LogP contribution in [0.2, 0.25) is 0 Å². The fourth-order valence-electron chi connectivity index (χ4n) is 0.847. The van der Waals surface area contributed by atoms with Gasteiger partial charge in [0, 0.05) is 10.9 Å². The molecule has 0 spiro atoms. The second-order valence-electron chi connectivity index (χ2n) is 3.03. The maximum Gasteiger partial charge on any atom is 0.333 e. The lowest BCUT2D eigenvalue weighted by Crippen LogP contribution is -2.04.